The number of amides is 9. The third-order valence-electron chi connectivity index (χ3n) is 16.8. The molecule has 2 aliphatic rings. The van der Waals surface area contributed by atoms with E-state index < -0.39 is 183 Å². The van der Waals surface area contributed by atoms with Crippen LogP contribution in [0.3, 0.4) is 0 Å². The van der Waals surface area contributed by atoms with Gasteiger partial charge in [0.25, 0.3) is 11.8 Å². The number of nitrogen functional groups attached to an aromatic ring is 1. The van der Waals surface area contributed by atoms with Crippen molar-refractivity contribution in [2.75, 3.05) is 71.3 Å². The molecule has 0 aliphatic carbocycles. The molecule has 6 heterocycles. The third-order valence-corrected chi connectivity index (χ3v) is 18.6. The maximum absolute atomic E-state index is 15.2. The minimum atomic E-state index is -2.20. The van der Waals surface area contributed by atoms with Crippen LogP contribution in [0.25, 0.3) is 10.7 Å². The molecular formula is C61H96N20O22S2. The zero-order valence-electron chi connectivity index (χ0n) is 57.9. The summed E-state index contributed by atoms with van der Waals surface area (Å²) in [7, 11) is 0. The third kappa shape index (κ3) is 24.9. The van der Waals surface area contributed by atoms with Crippen molar-refractivity contribution in [3.05, 3.63) is 56.8 Å². The minimum absolute atomic E-state index is 0.0214. The first-order valence-corrected chi connectivity index (χ1v) is 35.3. The van der Waals surface area contributed by atoms with Crippen molar-refractivity contribution in [1.29, 1.82) is 0 Å². The smallest absolute Gasteiger partial charge is 0.404 e. The highest BCUT2D eigenvalue weighted by molar-refractivity contribution is 7.14. The topological polar surface area (TPSA) is 680 Å². The van der Waals surface area contributed by atoms with E-state index in [1.54, 1.807) is 10.8 Å². The van der Waals surface area contributed by atoms with E-state index in [4.69, 9.17) is 52.4 Å². The maximum Gasteiger partial charge on any atom is 0.404 e. The Bertz CT molecular complexity index is 3470. The molecule has 0 bridgehead atoms. The number of thiazole rings is 2. The number of carbonyl (C=O) groups is 9. The molecular weight excluding hydrogens is 1430 g/mol. The van der Waals surface area contributed by atoms with Crippen molar-refractivity contribution in [3.8, 4) is 10.7 Å². The quantitative estimate of drug-likeness (QED) is 0.0144. The lowest BCUT2D eigenvalue weighted by molar-refractivity contribution is -0.372. The predicted octanol–water partition coefficient (Wildman–Crippen LogP) is -8.49. The second-order valence-corrected chi connectivity index (χ2v) is 26.6. The van der Waals surface area contributed by atoms with Crippen molar-refractivity contribution < 1.29 is 108 Å². The van der Waals surface area contributed by atoms with E-state index in [2.05, 4.69) is 77.8 Å². The average molecular weight is 1530 g/mol. The van der Waals surface area contributed by atoms with E-state index in [1.807, 2.05) is 0 Å². The number of aromatic amines is 1. The lowest BCUT2D eigenvalue weighted by Gasteiger charge is -2.47. The van der Waals surface area contributed by atoms with Gasteiger partial charge in [-0.2, -0.15) is 0 Å². The van der Waals surface area contributed by atoms with E-state index in [9.17, 15) is 79.2 Å². The van der Waals surface area contributed by atoms with Crippen molar-refractivity contribution in [3.63, 3.8) is 0 Å². The summed E-state index contributed by atoms with van der Waals surface area (Å²) in [5.74, 6) is -8.78. The normalized spacial score (nSPS) is 22.8. The van der Waals surface area contributed by atoms with Gasteiger partial charge in [0.2, 0.25) is 35.9 Å². The summed E-state index contributed by atoms with van der Waals surface area (Å²) in [6.07, 6.45) is -21.0. The van der Waals surface area contributed by atoms with Crippen LogP contribution in [0.4, 0.5) is 10.6 Å². The molecule has 2 aliphatic heterocycles. The minimum Gasteiger partial charge on any atom is -0.441 e. The van der Waals surface area contributed by atoms with Crippen molar-refractivity contribution in [2.45, 2.75) is 176 Å². The van der Waals surface area contributed by atoms with Gasteiger partial charge in [-0.1, -0.05) is 6.92 Å². The molecule has 105 heavy (non-hydrogen) atoms. The molecule has 44 heteroatoms. The van der Waals surface area contributed by atoms with Gasteiger partial charge in [0, 0.05) is 55.3 Å². The molecule has 2 fully saturated rings. The highest BCUT2D eigenvalue weighted by Gasteiger charge is 2.54. The van der Waals surface area contributed by atoms with E-state index in [1.165, 1.54) is 50.4 Å². The van der Waals surface area contributed by atoms with Gasteiger partial charge in [-0.3, -0.25) is 38.4 Å². The fourth-order valence-corrected chi connectivity index (χ4v) is 12.4. The second-order valence-electron chi connectivity index (χ2n) is 24.8. The maximum atomic E-state index is 15.2. The van der Waals surface area contributed by atoms with Crippen molar-refractivity contribution >= 4 is 82.3 Å². The average Bonchev–Trinajstić information content (AvgIpc) is 1.35. The molecule has 0 spiro atoms. The molecule has 0 saturated carbocycles. The van der Waals surface area contributed by atoms with Gasteiger partial charge in [-0.25, -0.2) is 29.7 Å². The predicted molar refractivity (Wildman–Crippen MR) is 368 cm³/mol. The molecule has 28 N–H and O–H groups in total. The fourth-order valence-electron chi connectivity index (χ4n) is 10.8. The number of anilines is 1. The number of H-pyrrole nitrogens is 1. The number of nitrogens with one attached hydrogen (secondary N) is 10. The van der Waals surface area contributed by atoms with Gasteiger partial charge in [-0.05, 0) is 72.6 Å². The Morgan fingerprint density at radius 1 is 0.724 bits per heavy atom. The van der Waals surface area contributed by atoms with Gasteiger partial charge in [0.05, 0.1) is 72.7 Å². The van der Waals surface area contributed by atoms with E-state index in [-0.39, 0.29) is 54.0 Å². The number of hydrogen-bond donors (Lipinski definition) is 23. The summed E-state index contributed by atoms with van der Waals surface area (Å²) in [6, 6.07) is -7.89. The zero-order valence-corrected chi connectivity index (χ0v) is 59.5. The molecule has 19 atom stereocenters. The lowest BCUT2D eigenvalue weighted by atomic mass is 9.96. The fraction of sp³-hybridized carbons (Fsp3) is 0.639. The molecule has 9 amide bonds. The molecule has 2 saturated heterocycles. The molecule has 584 valence electrons. The first-order valence-electron chi connectivity index (χ1n) is 33.5. The number of hydrogen-bond acceptors (Lipinski definition) is 34. The number of nitrogens with two attached hydrogens (primary N) is 5. The van der Waals surface area contributed by atoms with Crippen LogP contribution in [0.2, 0.25) is 0 Å². The zero-order chi connectivity index (χ0) is 77.2. The number of unbranched alkanes of at least 4 members (excludes halogenated alkanes) is 1. The Morgan fingerprint density at radius 2 is 1.39 bits per heavy atom. The summed E-state index contributed by atoms with van der Waals surface area (Å²) >= 11 is 2.50. The number of rotatable bonds is 45. The molecule has 6 rings (SSSR count). The van der Waals surface area contributed by atoms with Crippen LogP contribution < -0.4 is 76.5 Å². The van der Waals surface area contributed by atoms with Gasteiger partial charge in [0.1, 0.15) is 94.6 Å². The number of aliphatic hydroxyl groups excluding tert-OH is 8. The Kier molecular flexibility index (Phi) is 34.4. The Hall–Kier alpha value is -8.26. The van der Waals surface area contributed by atoms with Crippen LogP contribution in [0.15, 0.2) is 23.3 Å². The molecule has 42 nitrogen and oxygen atoms in total. The number of imidazole rings is 1. The molecule has 4 aromatic heterocycles. The first-order chi connectivity index (χ1) is 50.0. The summed E-state index contributed by atoms with van der Waals surface area (Å²) < 4.78 is 28.8. The number of carbonyl (C=O) groups excluding carboxylic acids is 9. The van der Waals surface area contributed by atoms with E-state index in [0.29, 0.717) is 41.6 Å². The SMILES string of the molecule is Cc1c(N)nc([C@H](CC(N)=O)NC[C@H](N)C(N)=O)nc1C(=O)N[C@H](C(=O)N[C@H](C)[C@@H](O)[C@H](C)C(=O)N[C@H](C(=O)NCCc1nc(-c2nc(C(=O)NCCCNCCCCNCCCNC=O)cs2)cs1)[C@@H](C)O)[C@@H](O[C@@H]1O[C@@H](CO)[C@@H](O)[C@H](O)[C@@H]1O[C@H]1O[C@H](CO)[C@@H](O)[C@H](OC(N)=O)[C@@H]1O)c1cnc[nH]1. The molecule has 0 unspecified atom stereocenters. The highest BCUT2D eigenvalue weighted by atomic mass is 32.1. The van der Waals surface area contributed by atoms with Gasteiger partial charge < -0.3 is 146 Å². The number of aromatic nitrogens is 6. The van der Waals surface area contributed by atoms with Crippen LogP contribution in [-0.2, 0) is 58.9 Å². The molecule has 0 radical (unpaired) electrons. The largest absolute Gasteiger partial charge is 0.441 e. The van der Waals surface area contributed by atoms with Gasteiger partial charge in [0.15, 0.2) is 18.7 Å². The Labute approximate surface area is 609 Å². The summed E-state index contributed by atoms with van der Waals surface area (Å²) in [4.78, 5) is 142. The van der Waals surface area contributed by atoms with Gasteiger partial charge in [-0.15, -0.1) is 22.7 Å². The highest BCUT2D eigenvalue weighted by Crippen LogP contribution is 2.35. The standard InChI is InChI=1S/C61H96N20O22S2/c1-26-39(78-52(81-50(26)64)31(17-37(63)86)73-18-30(62)51(65)92)56(96)80-41(47(32-19-70-24-74-32)101-60-49(45(90)43(88)35(20-82)100-60)102-59-46(91)48(103-61(66)98)44(89)36(21-83)99-59)57(97)75-28(3)42(87)27(2)53(93)79-40(29(4)85)55(95)72-16-9-38-76-34(23-104-38)58-77-33(22-105-58)54(94)71-15-8-13-68-11-6-5-10-67-12-7-14-69-25-84/h19,22-25,27-31,35-36,40-49,59-60,67-68,73,82-83,85,87-91H,5-18,20-21,62H2,1-4H3,(H2,63,86)(H2,65,92)(H2,66,98)(H,69,84)(H,70,74)(H,71,94)(H,72,95)(H,75,97)(H,79,93)(H,80,96)(H2,64,78,81)/t27-,28+,29+,30-,31-,35-,36+,40-,41-,42-,43+,44+,45-,46-,47-,48-,49-,59+,60-/m0/s1. The number of ether oxygens (including phenoxy) is 5. The summed E-state index contributed by atoms with van der Waals surface area (Å²) in [6.45, 7) is 6.96. The summed E-state index contributed by atoms with van der Waals surface area (Å²) in [5.41, 5.74) is 28.0. The lowest BCUT2D eigenvalue weighted by Crippen LogP contribution is -2.65. The van der Waals surface area contributed by atoms with Crippen LogP contribution in [0.1, 0.15) is 108 Å². The Balaban J connectivity index is 1.17. The van der Waals surface area contributed by atoms with Crippen LogP contribution >= 0.6 is 22.7 Å². The number of nitrogens with zero attached hydrogens (tertiary/aromatic N) is 5. The van der Waals surface area contributed by atoms with Gasteiger partial charge >= 0.3 is 6.09 Å². The first kappa shape index (κ1) is 85.7. The van der Waals surface area contributed by atoms with E-state index >= 15 is 4.79 Å². The number of aliphatic hydroxyl groups is 8. The summed E-state index contributed by atoms with van der Waals surface area (Å²) in [5, 5.41) is 118. The molecule has 4 aromatic rings. The van der Waals surface area contributed by atoms with Crippen LogP contribution in [-0.4, -0.2) is 288 Å². The Morgan fingerprint density at radius 3 is 2.02 bits per heavy atom. The second kappa shape index (κ2) is 42.2. The van der Waals surface area contributed by atoms with Crippen molar-refractivity contribution in [2.24, 2.45) is 28.9 Å². The monoisotopic (exact) mass is 1520 g/mol. The van der Waals surface area contributed by atoms with Crippen molar-refractivity contribution in [1.82, 2.24) is 77.8 Å². The molecule has 0 aromatic carbocycles. The van der Waals surface area contributed by atoms with E-state index in [0.717, 1.165) is 58.0 Å². The number of primary amides is 3. The van der Waals surface area contributed by atoms with Crippen LogP contribution in [0, 0.1) is 12.8 Å². The van der Waals surface area contributed by atoms with Crippen LogP contribution in [0.5, 0.6) is 0 Å².